The summed E-state index contributed by atoms with van der Waals surface area (Å²) in [6.45, 7) is 1.26. The van der Waals surface area contributed by atoms with Crippen LogP contribution in [0.4, 0.5) is 0 Å². The number of carbonyl (C=O) groups excluding carboxylic acids is 1. The lowest BCUT2D eigenvalue weighted by Gasteiger charge is -2.15. The van der Waals surface area contributed by atoms with Crippen molar-refractivity contribution < 1.29 is 9.53 Å². The zero-order valence-corrected chi connectivity index (χ0v) is 12.3. The van der Waals surface area contributed by atoms with Crippen LogP contribution in [-0.4, -0.2) is 41.5 Å². The van der Waals surface area contributed by atoms with E-state index in [1.165, 1.54) is 7.11 Å². The van der Waals surface area contributed by atoms with Gasteiger partial charge < -0.3 is 9.72 Å². The number of aromatic nitrogens is 2. The summed E-state index contributed by atoms with van der Waals surface area (Å²) in [5, 5.41) is 0.592. The van der Waals surface area contributed by atoms with Gasteiger partial charge in [-0.25, -0.2) is 4.98 Å². The van der Waals surface area contributed by atoms with E-state index < -0.39 is 0 Å². The summed E-state index contributed by atoms with van der Waals surface area (Å²) < 4.78 is 4.60. The number of nitrogens with zero attached hydrogens (tertiary/aromatic N) is 2. The second kappa shape index (κ2) is 6.99. The lowest BCUT2D eigenvalue weighted by atomic mass is 10.2. The number of fused-ring (bicyclic) bond motifs is 1. The second-order valence-corrected chi connectivity index (χ2v) is 4.95. The van der Waals surface area contributed by atoms with E-state index in [2.05, 4.69) is 14.7 Å². The molecule has 0 bridgehead atoms. The molecule has 0 aliphatic carbocycles. The van der Waals surface area contributed by atoms with Crippen molar-refractivity contribution in [2.45, 2.75) is 19.4 Å². The van der Waals surface area contributed by atoms with E-state index >= 15 is 0 Å². The number of para-hydroxylation sites is 1. The standard InChI is InChI=1S/C15H19N3O3/c1-18(9-5-8-14(19)21-2)10-13-16-12-7-4-3-6-11(12)15(20)17-13/h3-4,6-7H,5,8-10H2,1-2H3,(H,16,17,20). The number of ether oxygens (including phenoxy) is 1. The molecular formula is C15H19N3O3. The molecule has 0 saturated carbocycles. The number of nitrogens with one attached hydrogen (secondary N) is 1. The molecule has 112 valence electrons. The van der Waals surface area contributed by atoms with Gasteiger partial charge in [0.05, 0.1) is 24.6 Å². The maximum atomic E-state index is 11.9. The van der Waals surface area contributed by atoms with Crippen molar-refractivity contribution in [1.29, 1.82) is 0 Å². The zero-order chi connectivity index (χ0) is 15.2. The number of aromatic amines is 1. The SMILES string of the molecule is COC(=O)CCCN(C)Cc1nc2ccccc2c(=O)[nH]1. The van der Waals surface area contributed by atoms with Crippen molar-refractivity contribution in [3.05, 3.63) is 40.4 Å². The van der Waals surface area contributed by atoms with Crippen molar-refractivity contribution in [2.75, 3.05) is 20.7 Å². The van der Waals surface area contributed by atoms with Crippen LogP contribution in [0.1, 0.15) is 18.7 Å². The summed E-state index contributed by atoms with van der Waals surface area (Å²) in [7, 11) is 3.31. The van der Waals surface area contributed by atoms with E-state index in [0.29, 0.717) is 36.1 Å². The molecule has 1 N–H and O–H groups in total. The lowest BCUT2D eigenvalue weighted by Crippen LogP contribution is -2.23. The Labute approximate surface area is 122 Å². The summed E-state index contributed by atoms with van der Waals surface area (Å²) in [5.74, 6) is 0.417. The van der Waals surface area contributed by atoms with Gasteiger partial charge >= 0.3 is 5.97 Å². The first-order chi connectivity index (χ1) is 10.1. The van der Waals surface area contributed by atoms with Crippen LogP contribution in [0.15, 0.2) is 29.1 Å². The largest absolute Gasteiger partial charge is 0.469 e. The van der Waals surface area contributed by atoms with Crippen LogP contribution in [0.5, 0.6) is 0 Å². The van der Waals surface area contributed by atoms with Gasteiger partial charge in [-0.1, -0.05) is 12.1 Å². The molecular weight excluding hydrogens is 270 g/mol. The predicted molar refractivity (Wildman–Crippen MR) is 79.9 cm³/mol. The fraction of sp³-hybridized carbons (Fsp3) is 0.400. The van der Waals surface area contributed by atoms with E-state index in [4.69, 9.17) is 0 Å². The van der Waals surface area contributed by atoms with Crippen molar-refractivity contribution in [2.24, 2.45) is 0 Å². The fourth-order valence-corrected chi connectivity index (χ4v) is 2.14. The van der Waals surface area contributed by atoms with Crippen LogP contribution in [0, 0.1) is 0 Å². The Morgan fingerprint density at radius 2 is 2.14 bits per heavy atom. The van der Waals surface area contributed by atoms with Crippen molar-refractivity contribution in [3.8, 4) is 0 Å². The minimum Gasteiger partial charge on any atom is -0.469 e. The Morgan fingerprint density at radius 1 is 1.38 bits per heavy atom. The minimum absolute atomic E-state index is 0.126. The van der Waals surface area contributed by atoms with E-state index in [0.717, 1.165) is 6.54 Å². The molecule has 0 unspecified atom stereocenters. The highest BCUT2D eigenvalue weighted by Crippen LogP contribution is 2.07. The van der Waals surface area contributed by atoms with Crippen LogP contribution in [0.2, 0.25) is 0 Å². The summed E-state index contributed by atoms with van der Waals surface area (Å²) >= 11 is 0. The summed E-state index contributed by atoms with van der Waals surface area (Å²) in [5.41, 5.74) is 0.567. The van der Waals surface area contributed by atoms with Gasteiger partial charge in [0.15, 0.2) is 0 Å². The molecule has 0 saturated heterocycles. The molecule has 2 rings (SSSR count). The fourth-order valence-electron chi connectivity index (χ4n) is 2.14. The smallest absolute Gasteiger partial charge is 0.305 e. The highest BCUT2D eigenvalue weighted by atomic mass is 16.5. The summed E-state index contributed by atoms with van der Waals surface area (Å²) in [6.07, 6.45) is 1.10. The molecule has 0 fully saturated rings. The molecule has 1 heterocycles. The Hall–Kier alpha value is -2.21. The van der Waals surface area contributed by atoms with Gasteiger partial charge in [-0.2, -0.15) is 0 Å². The molecule has 1 aromatic carbocycles. The van der Waals surface area contributed by atoms with Gasteiger partial charge in [0, 0.05) is 6.42 Å². The predicted octanol–water partition coefficient (Wildman–Crippen LogP) is 1.31. The molecule has 21 heavy (non-hydrogen) atoms. The number of H-pyrrole nitrogens is 1. The molecule has 0 atom stereocenters. The number of benzene rings is 1. The number of methoxy groups -OCH3 is 1. The van der Waals surface area contributed by atoms with E-state index in [1.54, 1.807) is 6.07 Å². The highest BCUT2D eigenvalue weighted by Gasteiger charge is 2.07. The van der Waals surface area contributed by atoms with Gasteiger partial charge in [-0.3, -0.25) is 14.5 Å². The Bertz CT molecular complexity index is 681. The molecule has 2 aromatic rings. The molecule has 6 heteroatoms. The van der Waals surface area contributed by atoms with E-state index in [-0.39, 0.29) is 11.5 Å². The Morgan fingerprint density at radius 3 is 2.90 bits per heavy atom. The van der Waals surface area contributed by atoms with Crippen LogP contribution in [0.3, 0.4) is 0 Å². The van der Waals surface area contributed by atoms with Crippen molar-refractivity contribution in [1.82, 2.24) is 14.9 Å². The van der Waals surface area contributed by atoms with Gasteiger partial charge in [-0.15, -0.1) is 0 Å². The van der Waals surface area contributed by atoms with Crippen LogP contribution in [0.25, 0.3) is 10.9 Å². The molecule has 0 radical (unpaired) electrons. The lowest BCUT2D eigenvalue weighted by molar-refractivity contribution is -0.140. The third-order valence-corrected chi connectivity index (χ3v) is 3.23. The highest BCUT2D eigenvalue weighted by molar-refractivity contribution is 5.77. The number of hydrogen-bond acceptors (Lipinski definition) is 5. The molecule has 6 nitrogen and oxygen atoms in total. The zero-order valence-electron chi connectivity index (χ0n) is 12.3. The third-order valence-electron chi connectivity index (χ3n) is 3.23. The minimum atomic E-state index is -0.208. The van der Waals surface area contributed by atoms with Gasteiger partial charge in [0.2, 0.25) is 0 Å². The van der Waals surface area contributed by atoms with E-state index in [9.17, 15) is 9.59 Å². The molecule has 0 aliphatic rings. The van der Waals surface area contributed by atoms with Crippen LogP contribution in [-0.2, 0) is 16.1 Å². The third kappa shape index (κ3) is 4.13. The van der Waals surface area contributed by atoms with Crippen molar-refractivity contribution in [3.63, 3.8) is 0 Å². The number of esters is 1. The van der Waals surface area contributed by atoms with Gasteiger partial charge in [-0.05, 0) is 32.1 Å². The Balaban J connectivity index is 1.99. The van der Waals surface area contributed by atoms with Crippen LogP contribution >= 0.6 is 0 Å². The molecule has 1 aromatic heterocycles. The normalized spacial score (nSPS) is 11.0. The second-order valence-electron chi connectivity index (χ2n) is 4.95. The maximum Gasteiger partial charge on any atom is 0.305 e. The van der Waals surface area contributed by atoms with Gasteiger partial charge in [0.25, 0.3) is 5.56 Å². The average molecular weight is 289 g/mol. The van der Waals surface area contributed by atoms with Crippen LogP contribution < -0.4 is 5.56 Å². The van der Waals surface area contributed by atoms with Gasteiger partial charge in [0.1, 0.15) is 5.82 Å². The number of carbonyl (C=O) groups is 1. The monoisotopic (exact) mass is 289 g/mol. The Kier molecular flexibility index (Phi) is 5.05. The first-order valence-electron chi connectivity index (χ1n) is 6.83. The summed E-state index contributed by atoms with van der Waals surface area (Å²) in [6, 6.07) is 7.26. The quantitative estimate of drug-likeness (QED) is 0.811. The number of rotatable bonds is 6. The molecule has 0 aliphatic heterocycles. The number of hydrogen-bond donors (Lipinski definition) is 1. The van der Waals surface area contributed by atoms with E-state index in [1.807, 2.05) is 30.1 Å². The molecule has 0 spiro atoms. The maximum absolute atomic E-state index is 11.9. The first-order valence-corrected chi connectivity index (χ1v) is 6.83. The van der Waals surface area contributed by atoms with Crippen molar-refractivity contribution >= 4 is 16.9 Å². The molecule has 0 amide bonds. The summed E-state index contributed by atoms with van der Waals surface area (Å²) in [4.78, 5) is 32.2. The topological polar surface area (TPSA) is 75.3 Å². The average Bonchev–Trinajstić information content (AvgIpc) is 2.47. The first kappa shape index (κ1) is 15.2.